The number of carbonyl (C=O) groups is 1. The van der Waals surface area contributed by atoms with Gasteiger partial charge in [0.1, 0.15) is 24.3 Å². The van der Waals surface area contributed by atoms with Gasteiger partial charge in [0.2, 0.25) is 0 Å². The van der Waals surface area contributed by atoms with Gasteiger partial charge in [0.15, 0.2) is 0 Å². The SMILES string of the molecule is Cc1cc(F)ccc1-c1ccc(C(=O)NC(Cn2cncn2)c2ccccc2)cc1F. The number of halogens is 2. The molecule has 5 nitrogen and oxygen atoms in total. The predicted molar refractivity (Wildman–Crippen MR) is 113 cm³/mol. The molecule has 0 aliphatic heterocycles. The average Bonchev–Trinajstić information content (AvgIpc) is 3.27. The molecule has 0 radical (unpaired) electrons. The minimum Gasteiger partial charge on any atom is -0.343 e. The van der Waals surface area contributed by atoms with Crippen molar-refractivity contribution in [3.8, 4) is 11.1 Å². The first-order valence-electron chi connectivity index (χ1n) is 9.75. The third kappa shape index (κ3) is 4.66. The summed E-state index contributed by atoms with van der Waals surface area (Å²) >= 11 is 0. The van der Waals surface area contributed by atoms with Crippen LogP contribution in [0.1, 0.15) is 27.5 Å². The summed E-state index contributed by atoms with van der Waals surface area (Å²) in [6.07, 6.45) is 3.00. The van der Waals surface area contributed by atoms with Gasteiger partial charge in [-0.1, -0.05) is 42.5 Å². The van der Waals surface area contributed by atoms with Crippen molar-refractivity contribution in [3.05, 3.63) is 108 Å². The van der Waals surface area contributed by atoms with Crippen LogP contribution in [0.15, 0.2) is 79.4 Å². The van der Waals surface area contributed by atoms with Crippen molar-refractivity contribution in [3.63, 3.8) is 0 Å². The van der Waals surface area contributed by atoms with Crippen molar-refractivity contribution in [2.45, 2.75) is 19.5 Å². The van der Waals surface area contributed by atoms with E-state index in [1.54, 1.807) is 30.1 Å². The standard InChI is InChI=1S/C24H20F2N4O/c1-16-11-19(25)8-10-20(16)21-9-7-18(12-22(21)26)24(31)29-23(13-30-15-27-14-28-30)17-5-3-2-4-6-17/h2-12,14-15,23H,13H2,1H3,(H,29,31). The Labute approximate surface area is 178 Å². The largest absolute Gasteiger partial charge is 0.343 e. The van der Waals surface area contributed by atoms with Gasteiger partial charge in [-0.25, -0.2) is 13.8 Å². The van der Waals surface area contributed by atoms with E-state index in [9.17, 15) is 13.6 Å². The van der Waals surface area contributed by atoms with Crippen molar-refractivity contribution in [2.24, 2.45) is 0 Å². The summed E-state index contributed by atoms with van der Waals surface area (Å²) in [7, 11) is 0. The van der Waals surface area contributed by atoms with Gasteiger partial charge in [-0.05, 0) is 47.9 Å². The minimum absolute atomic E-state index is 0.195. The second kappa shape index (κ2) is 8.87. The number of aryl methyl sites for hydroxylation is 1. The van der Waals surface area contributed by atoms with Crippen LogP contribution < -0.4 is 5.32 Å². The first-order chi connectivity index (χ1) is 15.0. The van der Waals surface area contributed by atoms with E-state index in [2.05, 4.69) is 15.4 Å². The molecule has 1 atom stereocenters. The van der Waals surface area contributed by atoms with Crippen LogP contribution in [-0.4, -0.2) is 20.7 Å². The molecule has 1 heterocycles. The normalized spacial score (nSPS) is 11.8. The molecular formula is C24H20F2N4O. The summed E-state index contributed by atoms with van der Waals surface area (Å²) in [5.74, 6) is -1.33. The van der Waals surface area contributed by atoms with Crippen LogP contribution in [0.4, 0.5) is 8.78 Å². The summed E-state index contributed by atoms with van der Waals surface area (Å²) < 4.78 is 29.8. The first-order valence-corrected chi connectivity index (χ1v) is 9.75. The maximum Gasteiger partial charge on any atom is 0.251 e. The number of rotatable bonds is 6. The first kappa shape index (κ1) is 20.4. The summed E-state index contributed by atoms with van der Waals surface area (Å²) in [5, 5.41) is 7.05. The average molecular weight is 418 g/mol. The van der Waals surface area contributed by atoms with E-state index in [0.717, 1.165) is 5.56 Å². The second-order valence-electron chi connectivity index (χ2n) is 7.21. The number of benzene rings is 3. The van der Waals surface area contributed by atoms with Crippen molar-refractivity contribution in [1.82, 2.24) is 20.1 Å². The number of carbonyl (C=O) groups excluding carboxylic acids is 1. The molecular weight excluding hydrogens is 398 g/mol. The number of hydrogen-bond donors (Lipinski definition) is 1. The zero-order valence-corrected chi connectivity index (χ0v) is 16.8. The van der Waals surface area contributed by atoms with Crippen LogP contribution in [0.3, 0.4) is 0 Å². The van der Waals surface area contributed by atoms with Gasteiger partial charge in [0.25, 0.3) is 5.91 Å². The molecule has 0 bridgehead atoms. The van der Waals surface area contributed by atoms with E-state index in [1.165, 1.54) is 30.6 Å². The third-order valence-corrected chi connectivity index (χ3v) is 5.05. The molecule has 0 spiro atoms. The summed E-state index contributed by atoms with van der Waals surface area (Å²) in [6.45, 7) is 2.10. The molecule has 0 fully saturated rings. The maximum absolute atomic E-state index is 14.8. The number of aromatic nitrogens is 3. The predicted octanol–water partition coefficient (Wildman–Crippen LogP) is 4.70. The molecule has 156 valence electrons. The van der Waals surface area contributed by atoms with Crippen LogP contribution >= 0.6 is 0 Å². The molecule has 0 saturated carbocycles. The zero-order chi connectivity index (χ0) is 21.8. The molecule has 1 amide bonds. The molecule has 4 rings (SSSR count). The Morgan fingerprint density at radius 1 is 1.03 bits per heavy atom. The highest BCUT2D eigenvalue weighted by molar-refractivity contribution is 5.95. The maximum atomic E-state index is 14.8. The van der Waals surface area contributed by atoms with E-state index in [-0.39, 0.29) is 17.4 Å². The van der Waals surface area contributed by atoms with Gasteiger partial charge in [0, 0.05) is 11.1 Å². The lowest BCUT2D eigenvalue weighted by molar-refractivity contribution is 0.0931. The van der Waals surface area contributed by atoms with E-state index < -0.39 is 11.7 Å². The number of nitrogens with zero attached hydrogens (tertiary/aromatic N) is 3. The van der Waals surface area contributed by atoms with E-state index in [0.29, 0.717) is 23.2 Å². The van der Waals surface area contributed by atoms with Gasteiger partial charge in [-0.15, -0.1) is 0 Å². The fraction of sp³-hybridized carbons (Fsp3) is 0.125. The third-order valence-electron chi connectivity index (χ3n) is 5.05. The lowest BCUT2D eigenvalue weighted by Crippen LogP contribution is -2.31. The lowest BCUT2D eigenvalue weighted by atomic mass is 9.98. The quantitative estimate of drug-likeness (QED) is 0.494. The highest BCUT2D eigenvalue weighted by atomic mass is 19.1. The van der Waals surface area contributed by atoms with Gasteiger partial charge in [-0.3, -0.25) is 9.48 Å². The van der Waals surface area contributed by atoms with Crippen molar-refractivity contribution >= 4 is 5.91 Å². The molecule has 4 aromatic rings. The Morgan fingerprint density at radius 2 is 1.81 bits per heavy atom. The molecule has 1 N–H and O–H groups in total. The molecule has 0 aliphatic carbocycles. The number of hydrogen-bond acceptors (Lipinski definition) is 3. The Kier molecular flexibility index (Phi) is 5.84. The fourth-order valence-electron chi connectivity index (χ4n) is 3.48. The Balaban J connectivity index is 1.58. The lowest BCUT2D eigenvalue weighted by Gasteiger charge is -2.19. The highest BCUT2D eigenvalue weighted by Gasteiger charge is 2.18. The summed E-state index contributed by atoms with van der Waals surface area (Å²) in [6, 6.07) is 17.6. The fourth-order valence-corrected chi connectivity index (χ4v) is 3.48. The Bertz CT molecular complexity index is 1190. The van der Waals surface area contributed by atoms with Crippen LogP contribution in [0.2, 0.25) is 0 Å². The highest BCUT2D eigenvalue weighted by Crippen LogP contribution is 2.27. The number of nitrogens with one attached hydrogen (secondary N) is 1. The van der Waals surface area contributed by atoms with Crippen LogP contribution in [0.5, 0.6) is 0 Å². The summed E-state index contributed by atoms with van der Waals surface area (Å²) in [4.78, 5) is 16.8. The Hall–Kier alpha value is -3.87. The molecule has 0 aliphatic rings. The van der Waals surface area contributed by atoms with Crippen LogP contribution in [0.25, 0.3) is 11.1 Å². The monoisotopic (exact) mass is 418 g/mol. The van der Waals surface area contributed by atoms with Gasteiger partial charge >= 0.3 is 0 Å². The van der Waals surface area contributed by atoms with E-state index in [1.807, 2.05) is 30.3 Å². The minimum atomic E-state index is -0.546. The summed E-state index contributed by atoms with van der Waals surface area (Å²) in [5.41, 5.74) is 2.61. The molecule has 31 heavy (non-hydrogen) atoms. The van der Waals surface area contributed by atoms with Crippen LogP contribution in [0, 0.1) is 18.6 Å². The smallest absolute Gasteiger partial charge is 0.251 e. The van der Waals surface area contributed by atoms with Crippen molar-refractivity contribution in [2.75, 3.05) is 0 Å². The van der Waals surface area contributed by atoms with Gasteiger partial charge in [0.05, 0.1) is 12.6 Å². The van der Waals surface area contributed by atoms with Gasteiger partial charge in [-0.2, -0.15) is 5.10 Å². The molecule has 1 unspecified atom stereocenters. The number of amides is 1. The topological polar surface area (TPSA) is 59.8 Å². The van der Waals surface area contributed by atoms with E-state index in [4.69, 9.17) is 0 Å². The Morgan fingerprint density at radius 3 is 2.48 bits per heavy atom. The zero-order valence-electron chi connectivity index (χ0n) is 16.8. The molecule has 0 saturated heterocycles. The molecule has 1 aromatic heterocycles. The molecule has 3 aromatic carbocycles. The van der Waals surface area contributed by atoms with Gasteiger partial charge < -0.3 is 5.32 Å². The van der Waals surface area contributed by atoms with Crippen LogP contribution in [-0.2, 0) is 6.54 Å². The van der Waals surface area contributed by atoms with Crippen molar-refractivity contribution < 1.29 is 13.6 Å². The van der Waals surface area contributed by atoms with E-state index >= 15 is 0 Å². The van der Waals surface area contributed by atoms with Crippen molar-refractivity contribution in [1.29, 1.82) is 0 Å². The molecule has 7 heteroatoms. The second-order valence-corrected chi connectivity index (χ2v) is 7.21.